The molecule has 0 spiro atoms. The molecule has 0 aromatic carbocycles. The van der Waals surface area contributed by atoms with Gasteiger partial charge in [0.05, 0.1) is 6.61 Å². The van der Waals surface area contributed by atoms with Crippen LogP contribution in [0.3, 0.4) is 0 Å². The van der Waals surface area contributed by atoms with Crippen molar-refractivity contribution in [3.05, 3.63) is 22.4 Å². The van der Waals surface area contributed by atoms with Gasteiger partial charge >= 0.3 is 5.97 Å². The van der Waals surface area contributed by atoms with Crippen LogP contribution in [0.2, 0.25) is 0 Å². The number of carbonyl (C=O) groups is 1. The summed E-state index contributed by atoms with van der Waals surface area (Å²) in [7, 11) is 0. The monoisotopic (exact) mass is 198 g/mol. The molecule has 1 aromatic rings. The molecule has 0 saturated heterocycles. The van der Waals surface area contributed by atoms with E-state index >= 15 is 0 Å². The highest BCUT2D eigenvalue weighted by Gasteiger charge is 1.95. The van der Waals surface area contributed by atoms with Gasteiger partial charge < -0.3 is 4.74 Å². The molecule has 1 rings (SSSR count). The molecule has 0 fully saturated rings. The molecule has 1 aromatic heterocycles. The van der Waals surface area contributed by atoms with Crippen LogP contribution in [0.4, 0.5) is 0 Å². The van der Waals surface area contributed by atoms with Crippen molar-refractivity contribution < 1.29 is 9.53 Å². The maximum absolute atomic E-state index is 10.4. The van der Waals surface area contributed by atoms with Crippen LogP contribution in [0.15, 0.2) is 17.5 Å². The van der Waals surface area contributed by atoms with Crippen molar-refractivity contribution >= 4 is 17.3 Å². The molecule has 0 atom stereocenters. The van der Waals surface area contributed by atoms with Gasteiger partial charge in [0.1, 0.15) is 0 Å². The standard InChI is InChI=1S/C10H14O2S/c1-9(11)12-7-3-2-5-10-6-4-8-13-10/h4,6,8H,2-3,5,7H2,1H3. The lowest BCUT2D eigenvalue weighted by molar-refractivity contribution is -0.141. The summed E-state index contributed by atoms with van der Waals surface area (Å²) in [4.78, 5) is 11.8. The van der Waals surface area contributed by atoms with Crippen LogP contribution >= 0.6 is 11.3 Å². The molecule has 0 saturated carbocycles. The van der Waals surface area contributed by atoms with E-state index in [1.54, 1.807) is 11.3 Å². The molecule has 0 aliphatic heterocycles. The number of hydrogen-bond acceptors (Lipinski definition) is 3. The molecular weight excluding hydrogens is 184 g/mol. The lowest BCUT2D eigenvalue weighted by atomic mass is 10.2. The number of ether oxygens (including phenoxy) is 1. The number of esters is 1. The number of thiophene rings is 1. The van der Waals surface area contributed by atoms with Crippen molar-refractivity contribution in [1.82, 2.24) is 0 Å². The Labute approximate surface area is 82.5 Å². The minimum absolute atomic E-state index is 0.184. The van der Waals surface area contributed by atoms with Crippen molar-refractivity contribution in [1.29, 1.82) is 0 Å². The van der Waals surface area contributed by atoms with E-state index in [-0.39, 0.29) is 5.97 Å². The fraction of sp³-hybridized carbons (Fsp3) is 0.500. The highest BCUT2D eigenvalue weighted by molar-refractivity contribution is 7.09. The van der Waals surface area contributed by atoms with Crippen LogP contribution in [0.25, 0.3) is 0 Å². The van der Waals surface area contributed by atoms with E-state index in [1.165, 1.54) is 11.8 Å². The summed E-state index contributed by atoms with van der Waals surface area (Å²) < 4.78 is 4.83. The molecule has 2 nitrogen and oxygen atoms in total. The summed E-state index contributed by atoms with van der Waals surface area (Å²) in [5.74, 6) is -0.184. The topological polar surface area (TPSA) is 26.3 Å². The number of aryl methyl sites for hydroxylation is 1. The fourth-order valence-corrected chi connectivity index (χ4v) is 1.82. The lowest BCUT2D eigenvalue weighted by Crippen LogP contribution is -2.00. The zero-order valence-corrected chi connectivity index (χ0v) is 8.60. The van der Waals surface area contributed by atoms with Gasteiger partial charge in [-0.3, -0.25) is 4.79 Å². The highest BCUT2D eigenvalue weighted by atomic mass is 32.1. The first-order valence-corrected chi connectivity index (χ1v) is 5.33. The normalized spacial score (nSPS) is 9.92. The van der Waals surface area contributed by atoms with E-state index < -0.39 is 0 Å². The molecule has 0 radical (unpaired) electrons. The van der Waals surface area contributed by atoms with Crippen molar-refractivity contribution in [3.8, 4) is 0 Å². The predicted molar refractivity (Wildman–Crippen MR) is 53.9 cm³/mol. The second-order valence-corrected chi connectivity index (χ2v) is 3.91. The van der Waals surface area contributed by atoms with Crippen LogP contribution < -0.4 is 0 Å². The first-order valence-electron chi connectivity index (χ1n) is 4.45. The van der Waals surface area contributed by atoms with E-state index in [9.17, 15) is 4.79 Å². The van der Waals surface area contributed by atoms with Gasteiger partial charge in [0, 0.05) is 11.8 Å². The van der Waals surface area contributed by atoms with Crippen molar-refractivity contribution in [2.45, 2.75) is 26.2 Å². The third kappa shape index (κ3) is 4.68. The molecule has 0 bridgehead atoms. The Morgan fingerprint density at radius 2 is 2.38 bits per heavy atom. The van der Waals surface area contributed by atoms with Crippen LogP contribution in [-0.4, -0.2) is 12.6 Å². The van der Waals surface area contributed by atoms with Crippen LogP contribution in [0.5, 0.6) is 0 Å². The van der Waals surface area contributed by atoms with E-state index in [1.807, 2.05) is 0 Å². The molecule has 0 amide bonds. The fourth-order valence-electron chi connectivity index (χ4n) is 1.07. The second-order valence-electron chi connectivity index (χ2n) is 2.88. The first kappa shape index (κ1) is 10.3. The number of carbonyl (C=O) groups excluding carboxylic acids is 1. The largest absolute Gasteiger partial charge is 0.466 e. The third-order valence-electron chi connectivity index (χ3n) is 1.70. The molecule has 1 heterocycles. The Kier molecular flexibility index (Phi) is 4.54. The van der Waals surface area contributed by atoms with Gasteiger partial charge in [-0.2, -0.15) is 0 Å². The summed E-state index contributed by atoms with van der Waals surface area (Å²) in [5, 5.41) is 2.08. The summed E-state index contributed by atoms with van der Waals surface area (Å²) >= 11 is 1.78. The molecule has 0 N–H and O–H groups in total. The van der Waals surface area contributed by atoms with Crippen LogP contribution in [-0.2, 0) is 16.0 Å². The summed E-state index contributed by atoms with van der Waals surface area (Å²) in [5.41, 5.74) is 0. The maximum atomic E-state index is 10.4. The second kappa shape index (κ2) is 5.75. The minimum atomic E-state index is -0.184. The Balaban J connectivity index is 1.99. The molecule has 72 valence electrons. The van der Waals surface area contributed by atoms with Crippen molar-refractivity contribution in [2.24, 2.45) is 0 Å². The highest BCUT2D eigenvalue weighted by Crippen LogP contribution is 2.11. The smallest absolute Gasteiger partial charge is 0.302 e. The van der Waals surface area contributed by atoms with Crippen LogP contribution in [0, 0.1) is 0 Å². The van der Waals surface area contributed by atoms with Crippen molar-refractivity contribution in [2.75, 3.05) is 6.61 Å². The quantitative estimate of drug-likeness (QED) is 0.537. The van der Waals surface area contributed by atoms with Gasteiger partial charge in [-0.05, 0) is 30.7 Å². The minimum Gasteiger partial charge on any atom is -0.466 e. The molecular formula is C10H14O2S. The molecule has 0 unspecified atom stereocenters. The average Bonchev–Trinajstić information content (AvgIpc) is 2.55. The van der Waals surface area contributed by atoms with Crippen molar-refractivity contribution in [3.63, 3.8) is 0 Å². The molecule has 13 heavy (non-hydrogen) atoms. The maximum Gasteiger partial charge on any atom is 0.302 e. The average molecular weight is 198 g/mol. The van der Waals surface area contributed by atoms with Gasteiger partial charge in [-0.1, -0.05) is 6.07 Å². The summed E-state index contributed by atoms with van der Waals surface area (Å²) in [6, 6.07) is 4.20. The Morgan fingerprint density at radius 1 is 1.54 bits per heavy atom. The number of unbranched alkanes of at least 4 members (excludes halogenated alkanes) is 1. The zero-order valence-electron chi connectivity index (χ0n) is 7.79. The Hall–Kier alpha value is -0.830. The van der Waals surface area contributed by atoms with E-state index in [4.69, 9.17) is 4.74 Å². The third-order valence-corrected chi connectivity index (χ3v) is 2.64. The number of rotatable bonds is 5. The van der Waals surface area contributed by atoms with Gasteiger partial charge in [-0.25, -0.2) is 0 Å². The molecule has 0 aliphatic rings. The van der Waals surface area contributed by atoms with Gasteiger partial charge in [0.25, 0.3) is 0 Å². The van der Waals surface area contributed by atoms with E-state index in [2.05, 4.69) is 17.5 Å². The SMILES string of the molecule is CC(=O)OCCCCc1cccs1. The predicted octanol–water partition coefficient (Wildman–Crippen LogP) is 2.63. The Morgan fingerprint density at radius 3 is 3.00 bits per heavy atom. The molecule has 3 heteroatoms. The van der Waals surface area contributed by atoms with E-state index in [0.717, 1.165) is 19.3 Å². The van der Waals surface area contributed by atoms with Gasteiger partial charge in [-0.15, -0.1) is 11.3 Å². The van der Waals surface area contributed by atoms with Crippen LogP contribution in [0.1, 0.15) is 24.6 Å². The zero-order chi connectivity index (χ0) is 9.52. The van der Waals surface area contributed by atoms with E-state index in [0.29, 0.717) is 6.61 Å². The summed E-state index contributed by atoms with van der Waals surface area (Å²) in [6.45, 7) is 2.00. The molecule has 0 aliphatic carbocycles. The Bertz CT molecular complexity index is 241. The number of hydrogen-bond donors (Lipinski definition) is 0. The first-order chi connectivity index (χ1) is 6.29. The van der Waals surface area contributed by atoms with Gasteiger partial charge in [0.2, 0.25) is 0 Å². The summed E-state index contributed by atoms with van der Waals surface area (Å²) in [6.07, 6.45) is 3.14. The van der Waals surface area contributed by atoms with Gasteiger partial charge in [0.15, 0.2) is 0 Å². The lowest BCUT2D eigenvalue weighted by Gasteiger charge is -2.00.